The van der Waals surface area contributed by atoms with E-state index in [0.717, 1.165) is 16.9 Å². The minimum atomic E-state index is -0.723. The summed E-state index contributed by atoms with van der Waals surface area (Å²) in [5.74, 6) is -0.723. The summed E-state index contributed by atoms with van der Waals surface area (Å²) in [6.07, 6.45) is 0. The van der Waals surface area contributed by atoms with Crippen molar-refractivity contribution in [3.8, 4) is 6.07 Å². The number of carbonyl (C=O) groups is 1. The molecular formula is C18H13N3OS. The number of amides is 1. The molecule has 0 spiro atoms. The fourth-order valence-electron chi connectivity index (χ4n) is 2.34. The third-order valence-corrected chi connectivity index (χ3v) is 4.33. The lowest BCUT2D eigenvalue weighted by molar-refractivity contribution is -0.114. The van der Waals surface area contributed by atoms with Crippen molar-refractivity contribution in [3.05, 3.63) is 82.2 Å². The third-order valence-electron chi connectivity index (χ3n) is 3.38. The van der Waals surface area contributed by atoms with Gasteiger partial charge in [-0.25, -0.2) is 0 Å². The number of anilines is 1. The van der Waals surface area contributed by atoms with E-state index < -0.39 is 5.91 Å². The summed E-state index contributed by atoms with van der Waals surface area (Å²) in [4.78, 5) is 13.5. The molecule has 0 aromatic heterocycles. The second kappa shape index (κ2) is 6.42. The molecule has 1 aliphatic heterocycles. The predicted octanol–water partition coefficient (Wildman–Crippen LogP) is 3.46. The van der Waals surface area contributed by atoms with Crippen LogP contribution >= 0.6 is 11.8 Å². The summed E-state index contributed by atoms with van der Waals surface area (Å²) in [5.41, 5.74) is 8.11. The van der Waals surface area contributed by atoms with Gasteiger partial charge in [-0.05, 0) is 17.7 Å². The SMILES string of the molecule is N#C/C(C(N)=O)=C1\SC=C(c2ccccc2)N1c1ccccc1. The lowest BCUT2D eigenvalue weighted by atomic mass is 10.1. The van der Waals surface area contributed by atoms with Crippen molar-refractivity contribution in [2.24, 2.45) is 5.73 Å². The van der Waals surface area contributed by atoms with Crippen LogP contribution in [0.2, 0.25) is 0 Å². The van der Waals surface area contributed by atoms with Gasteiger partial charge in [-0.15, -0.1) is 0 Å². The second-order valence-electron chi connectivity index (χ2n) is 4.81. The molecule has 0 bridgehead atoms. The van der Waals surface area contributed by atoms with Crippen molar-refractivity contribution in [2.75, 3.05) is 4.90 Å². The Morgan fingerprint density at radius 1 is 1.04 bits per heavy atom. The van der Waals surface area contributed by atoms with E-state index in [1.54, 1.807) is 0 Å². The van der Waals surface area contributed by atoms with Crippen LogP contribution in [-0.2, 0) is 4.79 Å². The van der Waals surface area contributed by atoms with Crippen molar-refractivity contribution in [2.45, 2.75) is 0 Å². The maximum atomic E-state index is 11.6. The van der Waals surface area contributed by atoms with E-state index in [-0.39, 0.29) is 5.57 Å². The van der Waals surface area contributed by atoms with E-state index in [2.05, 4.69) is 0 Å². The summed E-state index contributed by atoms with van der Waals surface area (Å²) >= 11 is 1.33. The van der Waals surface area contributed by atoms with Crippen molar-refractivity contribution < 1.29 is 4.79 Å². The molecule has 112 valence electrons. The number of carbonyl (C=O) groups excluding carboxylic acids is 1. The topological polar surface area (TPSA) is 70.1 Å². The highest BCUT2D eigenvalue weighted by Gasteiger charge is 2.28. The molecule has 23 heavy (non-hydrogen) atoms. The summed E-state index contributed by atoms with van der Waals surface area (Å²) in [6, 6.07) is 21.3. The standard InChI is InChI=1S/C18H13N3OS/c19-11-15(17(20)22)18-21(14-9-5-2-6-10-14)16(12-23-18)13-7-3-1-4-8-13/h1-10,12H,(H2,20,22)/b18-15+. The van der Waals surface area contributed by atoms with Crippen molar-refractivity contribution in [1.29, 1.82) is 5.26 Å². The number of nitrogens with two attached hydrogens (primary N) is 1. The average molecular weight is 319 g/mol. The van der Waals surface area contributed by atoms with Gasteiger partial charge >= 0.3 is 0 Å². The van der Waals surface area contributed by atoms with Crippen LogP contribution in [0.25, 0.3) is 5.70 Å². The van der Waals surface area contributed by atoms with E-state index >= 15 is 0 Å². The highest BCUT2D eigenvalue weighted by atomic mass is 32.2. The highest BCUT2D eigenvalue weighted by molar-refractivity contribution is 8.06. The first-order chi connectivity index (χ1) is 11.2. The summed E-state index contributed by atoms with van der Waals surface area (Å²) < 4.78 is 0. The van der Waals surface area contributed by atoms with Crippen LogP contribution in [0, 0.1) is 11.3 Å². The minimum Gasteiger partial charge on any atom is -0.365 e. The number of rotatable bonds is 3. The number of para-hydroxylation sites is 1. The summed E-state index contributed by atoms with van der Waals surface area (Å²) in [5, 5.41) is 11.8. The summed E-state index contributed by atoms with van der Waals surface area (Å²) in [7, 11) is 0. The molecule has 3 rings (SSSR count). The molecular weight excluding hydrogens is 306 g/mol. The minimum absolute atomic E-state index is 0.0407. The van der Waals surface area contributed by atoms with E-state index in [1.807, 2.05) is 77.0 Å². The Kier molecular flexibility index (Phi) is 4.18. The lowest BCUT2D eigenvalue weighted by Gasteiger charge is -2.24. The van der Waals surface area contributed by atoms with E-state index in [4.69, 9.17) is 5.73 Å². The van der Waals surface area contributed by atoms with E-state index in [0.29, 0.717) is 5.03 Å². The van der Waals surface area contributed by atoms with Gasteiger partial charge in [0.15, 0.2) is 0 Å². The van der Waals surface area contributed by atoms with Crippen molar-refractivity contribution in [1.82, 2.24) is 0 Å². The molecule has 0 radical (unpaired) electrons. The zero-order valence-electron chi connectivity index (χ0n) is 12.1. The molecule has 1 heterocycles. The number of nitriles is 1. The zero-order valence-corrected chi connectivity index (χ0v) is 13.0. The van der Waals surface area contributed by atoms with Gasteiger partial charge in [0.05, 0.1) is 5.70 Å². The predicted molar refractivity (Wildman–Crippen MR) is 92.8 cm³/mol. The Morgan fingerprint density at radius 3 is 2.22 bits per heavy atom. The monoisotopic (exact) mass is 319 g/mol. The molecule has 0 unspecified atom stereocenters. The lowest BCUT2D eigenvalue weighted by Crippen LogP contribution is -2.22. The molecule has 4 nitrogen and oxygen atoms in total. The molecule has 5 heteroatoms. The van der Waals surface area contributed by atoms with Crippen LogP contribution in [0.4, 0.5) is 5.69 Å². The molecule has 2 aromatic rings. The number of primary amides is 1. The normalized spacial score (nSPS) is 15.8. The smallest absolute Gasteiger partial charge is 0.262 e. The van der Waals surface area contributed by atoms with Crippen LogP contribution in [-0.4, -0.2) is 5.91 Å². The average Bonchev–Trinajstić information content (AvgIpc) is 3.01. The molecule has 0 saturated carbocycles. The molecule has 0 atom stereocenters. The Bertz CT molecular complexity index is 836. The number of nitrogens with zero attached hydrogens (tertiary/aromatic N) is 2. The number of benzene rings is 2. The van der Waals surface area contributed by atoms with Crippen molar-refractivity contribution in [3.63, 3.8) is 0 Å². The van der Waals surface area contributed by atoms with Gasteiger partial charge in [-0.2, -0.15) is 5.26 Å². The first kappa shape index (κ1) is 14.9. The van der Waals surface area contributed by atoms with Gasteiger partial charge in [-0.1, -0.05) is 60.3 Å². The fourth-order valence-corrected chi connectivity index (χ4v) is 3.38. The highest BCUT2D eigenvalue weighted by Crippen LogP contribution is 2.44. The van der Waals surface area contributed by atoms with Crippen molar-refractivity contribution >= 4 is 29.1 Å². The number of thioether (sulfide) groups is 1. The van der Waals surface area contributed by atoms with Crippen LogP contribution in [0.3, 0.4) is 0 Å². The van der Waals surface area contributed by atoms with Gasteiger partial charge in [0.25, 0.3) is 5.91 Å². The van der Waals surface area contributed by atoms with Gasteiger partial charge < -0.3 is 10.6 Å². The molecule has 0 fully saturated rings. The maximum Gasteiger partial charge on any atom is 0.262 e. The largest absolute Gasteiger partial charge is 0.365 e. The Morgan fingerprint density at radius 2 is 1.65 bits per heavy atom. The van der Waals surface area contributed by atoms with Crippen LogP contribution < -0.4 is 10.6 Å². The second-order valence-corrected chi connectivity index (χ2v) is 5.67. The van der Waals surface area contributed by atoms with Gasteiger partial charge in [-0.3, -0.25) is 4.79 Å². The Hall–Kier alpha value is -2.97. The Balaban J connectivity index is 2.17. The number of hydrogen-bond acceptors (Lipinski definition) is 4. The first-order valence-electron chi connectivity index (χ1n) is 6.94. The van der Waals surface area contributed by atoms with Crippen LogP contribution in [0.15, 0.2) is 76.7 Å². The molecule has 0 saturated heterocycles. The molecule has 2 N–H and O–H groups in total. The number of hydrogen-bond donors (Lipinski definition) is 1. The van der Waals surface area contributed by atoms with Crippen LogP contribution in [0.5, 0.6) is 0 Å². The first-order valence-corrected chi connectivity index (χ1v) is 7.82. The summed E-state index contributed by atoms with van der Waals surface area (Å²) in [6.45, 7) is 0. The third kappa shape index (κ3) is 2.85. The van der Waals surface area contributed by atoms with Crippen LogP contribution in [0.1, 0.15) is 5.56 Å². The molecule has 1 aliphatic rings. The molecule has 0 aliphatic carbocycles. The Labute approximate surface area is 138 Å². The molecule has 1 amide bonds. The van der Waals surface area contributed by atoms with E-state index in [9.17, 15) is 10.1 Å². The van der Waals surface area contributed by atoms with Gasteiger partial charge in [0, 0.05) is 11.1 Å². The quantitative estimate of drug-likeness (QED) is 0.695. The molecule has 2 aromatic carbocycles. The van der Waals surface area contributed by atoms with E-state index in [1.165, 1.54) is 11.8 Å². The van der Waals surface area contributed by atoms with Gasteiger partial charge in [0.2, 0.25) is 0 Å². The van der Waals surface area contributed by atoms with Gasteiger partial charge in [0.1, 0.15) is 16.7 Å². The fraction of sp³-hybridized carbons (Fsp3) is 0. The maximum absolute atomic E-state index is 11.6. The zero-order chi connectivity index (χ0) is 16.2.